The van der Waals surface area contributed by atoms with Crippen molar-refractivity contribution in [1.29, 1.82) is 0 Å². The van der Waals surface area contributed by atoms with E-state index in [4.69, 9.17) is 0 Å². The zero-order valence-corrected chi connectivity index (χ0v) is 12.6. The minimum absolute atomic E-state index is 0.989. The number of benzene rings is 1. The number of nitrogens with zero attached hydrogens (tertiary/aromatic N) is 2. The first kappa shape index (κ1) is 14.4. The van der Waals surface area contributed by atoms with E-state index in [1.54, 1.807) is 0 Å². The fourth-order valence-corrected chi connectivity index (χ4v) is 2.54. The molecule has 1 aliphatic rings. The van der Waals surface area contributed by atoms with Crippen molar-refractivity contribution < 1.29 is 0 Å². The molecule has 2 rings (SSSR count). The van der Waals surface area contributed by atoms with Crippen LogP contribution in [0.5, 0.6) is 0 Å². The van der Waals surface area contributed by atoms with Crippen LogP contribution >= 0.6 is 0 Å². The lowest BCUT2D eigenvalue weighted by Gasteiger charge is -2.34. The Kier molecular flexibility index (Phi) is 5.23. The summed E-state index contributed by atoms with van der Waals surface area (Å²) >= 11 is 0. The standard InChI is InChI=1S/C16H27N3/c1-4-7-17-13-15-5-6-16(12-14(15)2)19-10-8-18(3)9-11-19/h5-6,12,17H,4,7-11,13H2,1-3H3. The minimum Gasteiger partial charge on any atom is -0.369 e. The Labute approximate surface area is 117 Å². The fourth-order valence-electron chi connectivity index (χ4n) is 2.54. The van der Waals surface area contributed by atoms with Gasteiger partial charge >= 0.3 is 0 Å². The van der Waals surface area contributed by atoms with Gasteiger partial charge in [-0.1, -0.05) is 13.0 Å². The van der Waals surface area contributed by atoms with Crippen molar-refractivity contribution in [2.75, 3.05) is 44.7 Å². The lowest BCUT2D eigenvalue weighted by Crippen LogP contribution is -2.44. The molecule has 0 bridgehead atoms. The number of likely N-dealkylation sites (N-methyl/N-ethyl adjacent to an activating group) is 1. The highest BCUT2D eigenvalue weighted by molar-refractivity contribution is 5.51. The lowest BCUT2D eigenvalue weighted by molar-refractivity contribution is 0.313. The molecule has 0 amide bonds. The Hall–Kier alpha value is -1.06. The van der Waals surface area contributed by atoms with Crippen LogP contribution in [0.4, 0.5) is 5.69 Å². The van der Waals surface area contributed by atoms with Gasteiger partial charge in [-0.05, 0) is 50.2 Å². The third-order valence-corrected chi connectivity index (χ3v) is 3.94. The quantitative estimate of drug-likeness (QED) is 0.820. The van der Waals surface area contributed by atoms with Crippen LogP contribution in [0.15, 0.2) is 18.2 Å². The molecule has 106 valence electrons. The summed E-state index contributed by atoms with van der Waals surface area (Å²) in [5.74, 6) is 0. The van der Waals surface area contributed by atoms with Crippen molar-refractivity contribution >= 4 is 5.69 Å². The van der Waals surface area contributed by atoms with Crippen molar-refractivity contribution in [3.63, 3.8) is 0 Å². The number of rotatable bonds is 5. The van der Waals surface area contributed by atoms with Gasteiger partial charge in [0.2, 0.25) is 0 Å². The van der Waals surface area contributed by atoms with Crippen molar-refractivity contribution in [2.24, 2.45) is 0 Å². The van der Waals surface area contributed by atoms with Gasteiger partial charge in [-0.2, -0.15) is 0 Å². The summed E-state index contributed by atoms with van der Waals surface area (Å²) < 4.78 is 0. The second-order valence-corrected chi connectivity index (χ2v) is 5.58. The highest BCUT2D eigenvalue weighted by atomic mass is 15.2. The summed E-state index contributed by atoms with van der Waals surface area (Å²) in [7, 11) is 2.20. The SMILES string of the molecule is CCCNCc1ccc(N2CCN(C)CC2)cc1C. The Morgan fingerprint density at radius 1 is 1.16 bits per heavy atom. The number of aryl methyl sites for hydroxylation is 1. The van der Waals surface area contributed by atoms with Gasteiger partial charge in [0.25, 0.3) is 0 Å². The predicted molar refractivity (Wildman–Crippen MR) is 82.9 cm³/mol. The molecule has 0 aromatic heterocycles. The van der Waals surface area contributed by atoms with Crippen molar-refractivity contribution in [1.82, 2.24) is 10.2 Å². The summed E-state index contributed by atoms with van der Waals surface area (Å²) in [6, 6.07) is 6.90. The van der Waals surface area contributed by atoms with E-state index in [1.807, 2.05) is 0 Å². The van der Waals surface area contributed by atoms with Crippen molar-refractivity contribution in [3.8, 4) is 0 Å². The van der Waals surface area contributed by atoms with Crippen molar-refractivity contribution in [2.45, 2.75) is 26.8 Å². The normalized spacial score (nSPS) is 16.9. The average molecular weight is 261 g/mol. The van der Waals surface area contributed by atoms with Gasteiger partial charge in [0.1, 0.15) is 0 Å². The van der Waals surface area contributed by atoms with E-state index >= 15 is 0 Å². The van der Waals surface area contributed by atoms with Crippen LogP contribution in [-0.2, 0) is 6.54 Å². The molecule has 3 nitrogen and oxygen atoms in total. The van der Waals surface area contributed by atoms with Crippen LogP contribution < -0.4 is 10.2 Å². The predicted octanol–water partition coefficient (Wildman–Crippen LogP) is 2.25. The molecule has 1 fully saturated rings. The highest BCUT2D eigenvalue weighted by Gasteiger charge is 2.14. The van der Waals surface area contributed by atoms with Crippen LogP contribution in [0.2, 0.25) is 0 Å². The van der Waals surface area contributed by atoms with E-state index in [0.717, 1.165) is 26.2 Å². The summed E-state index contributed by atoms with van der Waals surface area (Å²) in [6.45, 7) is 11.1. The first-order valence-corrected chi connectivity index (χ1v) is 7.44. The molecule has 0 spiro atoms. The molecule has 0 radical (unpaired) electrons. The number of nitrogens with one attached hydrogen (secondary N) is 1. The third kappa shape index (κ3) is 3.95. The average Bonchev–Trinajstić information content (AvgIpc) is 2.42. The second kappa shape index (κ2) is 6.92. The Morgan fingerprint density at radius 2 is 1.89 bits per heavy atom. The van der Waals surface area contributed by atoms with E-state index in [-0.39, 0.29) is 0 Å². The van der Waals surface area contributed by atoms with Gasteiger partial charge in [0.15, 0.2) is 0 Å². The largest absolute Gasteiger partial charge is 0.369 e. The number of anilines is 1. The lowest BCUT2D eigenvalue weighted by atomic mass is 10.1. The molecule has 19 heavy (non-hydrogen) atoms. The number of piperazine rings is 1. The van der Waals surface area contributed by atoms with Crippen LogP contribution in [0.1, 0.15) is 24.5 Å². The topological polar surface area (TPSA) is 18.5 Å². The van der Waals surface area contributed by atoms with Crippen LogP contribution in [0, 0.1) is 6.92 Å². The molecular weight excluding hydrogens is 234 g/mol. The molecule has 0 aliphatic carbocycles. The molecule has 1 aromatic carbocycles. The van der Waals surface area contributed by atoms with Gasteiger partial charge < -0.3 is 15.1 Å². The van der Waals surface area contributed by atoms with E-state index in [9.17, 15) is 0 Å². The summed E-state index contributed by atoms with van der Waals surface area (Å²) in [5.41, 5.74) is 4.20. The van der Waals surface area contributed by atoms with Crippen molar-refractivity contribution in [3.05, 3.63) is 29.3 Å². The van der Waals surface area contributed by atoms with Gasteiger partial charge in [-0.3, -0.25) is 0 Å². The fraction of sp³-hybridized carbons (Fsp3) is 0.625. The van der Waals surface area contributed by atoms with Gasteiger partial charge in [0, 0.05) is 38.4 Å². The first-order chi connectivity index (χ1) is 9.20. The highest BCUT2D eigenvalue weighted by Crippen LogP contribution is 2.20. The molecule has 3 heteroatoms. The molecule has 1 aliphatic heterocycles. The maximum atomic E-state index is 3.48. The number of hydrogen-bond acceptors (Lipinski definition) is 3. The molecule has 0 unspecified atom stereocenters. The van der Waals surface area contributed by atoms with Crippen LogP contribution in [-0.4, -0.2) is 44.7 Å². The summed E-state index contributed by atoms with van der Waals surface area (Å²) in [6.07, 6.45) is 1.19. The molecule has 0 saturated carbocycles. The Bertz CT molecular complexity index is 395. The van der Waals surface area contributed by atoms with E-state index in [1.165, 1.54) is 36.3 Å². The second-order valence-electron chi connectivity index (χ2n) is 5.58. The smallest absolute Gasteiger partial charge is 0.0369 e. The zero-order valence-electron chi connectivity index (χ0n) is 12.6. The molecule has 1 aromatic rings. The molecule has 1 N–H and O–H groups in total. The molecule has 0 atom stereocenters. The summed E-state index contributed by atoms with van der Waals surface area (Å²) in [5, 5.41) is 3.48. The third-order valence-electron chi connectivity index (χ3n) is 3.94. The summed E-state index contributed by atoms with van der Waals surface area (Å²) in [4.78, 5) is 4.89. The van der Waals surface area contributed by atoms with E-state index in [0.29, 0.717) is 0 Å². The molecular formula is C16H27N3. The maximum Gasteiger partial charge on any atom is 0.0369 e. The monoisotopic (exact) mass is 261 g/mol. The van der Waals surface area contributed by atoms with Gasteiger partial charge in [-0.15, -0.1) is 0 Å². The Morgan fingerprint density at radius 3 is 2.53 bits per heavy atom. The van der Waals surface area contributed by atoms with E-state index < -0.39 is 0 Å². The number of hydrogen-bond donors (Lipinski definition) is 1. The first-order valence-electron chi connectivity index (χ1n) is 7.44. The van der Waals surface area contributed by atoms with Crippen LogP contribution in [0.3, 0.4) is 0 Å². The minimum atomic E-state index is 0.989. The van der Waals surface area contributed by atoms with Crippen LogP contribution in [0.25, 0.3) is 0 Å². The molecule has 1 saturated heterocycles. The zero-order chi connectivity index (χ0) is 13.7. The van der Waals surface area contributed by atoms with E-state index in [2.05, 4.69) is 54.2 Å². The molecule has 1 heterocycles. The Balaban J connectivity index is 1.98. The maximum absolute atomic E-state index is 3.48. The van der Waals surface area contributed by atoms with Gasteiger partial charge in [0.05, 0.1) is 0 Å². The van der Waals surface area contributed by atoms with Gasteiger partial charge in [-0.25, -0.2) is 0 Å².